The second-order valence-electron chi connectivity index (χ2n) is 3.74. The Hall–Kier alpha value is -1.37. The van der Waals surface area contributed by atoms with E-state index in [9.17, 15) is 4.79 Å². The highest BCUT2D eigenvalue weighted by Crippen LogP contribution is 2.25. The van der Waals surface area contributed by atoms with Gasteiger partial charge in [-0.05, 0) is 40.8 Å². The zero-order chi connectivity index (χ0) is 12.4. The minimum Gasteiger partial charge on any atom is -0.409 e. The Balaban J connectivity index is 2.46. The first kappa shape index (κ1) is 12.1. The summed E-state index contributed by atoms with van der Waals surface area (Å²) in [5.41, 5.74) is 0.814. The molecule has 0 unspecified atom stereocenters. The number of nitrogens with zero attached hydrogens (tertiary/aromatic N) is 2. The van der Waals surface area contributed by atoms with E-state index in [0.29, 0.717) is 5.75 Å². The minimum atomic E-state index is -0.392. The van der Waals surface area contributed by atoms with Crippen molar-refractivity contribution in [1.82, 2.24) is 9.88 Å². The lowest BCUT2D eigenvalue weighted by molar-refractivity contribution is 0.172. The van der Waals surface area contributed by atoms with E-state index >= 15 is 0 Å². The summed E-state index contributed by atoms with van der Waals surface area (Å²) in [5, 5.41) is 0.842. The third kappa shape index (κ3) is 2.66. The van der Waals surface area contributed by atoms with Crippen LogP contribution in [0.25, 0.3) is 10.9 Å². The molecule has 1 amide bonds. The zero-order valence-corrected chi connectivity index (χ0v) is 11.6. The summed E-state index contributed by atoms with van der Waals surface area (Å²) >= 11 is 2.18. The minimum absolute atomic E-state index is 0.392. The summed E-state index contributed by atoms with van der Waals surface area (Å²) in [6.45, 7) is 0. The molecule has 0 saturated heterocycles. The third-order valence-electron chi connectivity index (χ3n) is 2.21. The smallest absolute Gasteiger partial charge is 0.409 e. The maximum Gasteiger partial charge on any atom is 0.414 e. The van der Waals surface area contributed by atoms with Gasteiger partial charge in [0.1, 0.15) is 5.75 Å². The molecule has 0 aliphatic carbocycles. The van der Waals surface area contributed by atoms with Crippen LogP contribution in [-0.2, 0) is 0 Å². The van der Waals surface area contributed by atoms with Crippen LogP contribution in [0.1, 0.15) is 0 Å². The third-order valence-corrected chi connectivity index (χ3v) is 2.80. The second kappa shape index (κ2) is 4.87. The molecular weight excluding hydrogens is 331 g/mol. The molecule has 88 valence electrons. The first-order valence-corrected chi connectivity index (χ1v) is 6.09. The lowest BCUT2D eigenvalue weighted by Gasteiger charge is -2.12. The van der Waals surface area contributed by atoms with Gasteiger partial charge in [0.2, 0.25) is 0 Å². The van der Waals surface area contributed by atoms with Crippen LogP contribution in [-0.4, -0.2) is 30.1 Å². The Kier molecular flexibility index (Phi) is 3.46. The van der Waals surface area contributed by atoms with Crippen LogP contribution in [0, 0.1) is 3.57 Å². The molecule has 17 heavy (non-hydrogen) atoms. The van der Waals surface area contributed by atoms with Crippen molar-refractivity contribution in [3.05, 3.63) is 34.0 Å². The number of amides is 1. The van der Waals surface area contributed by atoms with E-state index in [4.69, 9.17) is 4.74 Å². The number of carbonyl (C=O) groups is 1. The van der Waals surface area contributed by atoms with Gasteiger partial charge in [0, 0.05) is 29.2 Å². The standard InChI is InChI=1S/C12H11IN2O2/c1-15(2)12(16)17-11-5-3-4-10-9(11)6-8(13)7-14-10/h3-7H,1-2H3. The molecule has 4 nitrogen and oxygen atoms in total. The zero-order valence-electron chi connectivity index (χ0n) is 9.48. The molecular formula is C12H11IN2O2. The van der Waals surface area contributed by atoms with Crippen LogP contribution >= 0.6 is 22.6 Å². The fraction of sp³-hybridized carbons (Fsp3) is 0.167. The molecule has 0 radical (unpaired) electrons. The van der Waals surface area contributed by atoms with Gasteiger partial charge >= 0.3 is 6.09 Å². The van der Waals surface area contributed by atoms with E-state index in [1.54, 1.807) is 26.4 Å². The van der Waals surface area contributed by atoms with Crippen molar-refractivity contribution in [3.8, 4) is 5.75 Å². The molecule has 0 saturated carbocycles. The Bertz CT molecular complexity index is 569. The van der Waals surface area contributed by atoms with Crippen LogP contribution in [0.4, 0.5) is 4.79 Å². The lowest BCUT2D eigenvalue weighted by Crippen LogP contribution is -2.25. The molecule has 1 aromatic heterocycles. The van der Waals surface area contributed by atoms with Crippen molar-refractivity contribution in [2.24, 2.45) is 0 Å². The molecule has 1 heterocycles. The molecule has 5 heteroatoms. The molecule has 0 aliphatic rings. The quantitative estimate of drug-likeness (QED) is 0.749. The number of pyridine rings is 1. The fourth-order valence-corrected chi connectivity index (χ4v) is 1.82. The Labute approximate surface area is 113 Å². The van der Waals surface area contributed by atoms with E-state index in [0.717, 1.165) is 14.5 Å². The van der Waals surface area contributed by atoms with E-state index in [-0.39, 0.29) is 0 Å². The summed E-state index contributed by atoms with van der Waals surface area (Å²) in [7, 11) is 3.30. The van der Waals surface area contributed by atoms with Gasteiger partial charge < -0.3 is 9.64 Å². The van der Waals surface area contributed by atoms with Crippen molar-refractivity contribution < 1.29 is 9.53 Å². The largest absolute Gasteiger partial charge is 0.414 e. The first-order valence-electron chi connectivity index (χ1n) is 5.01. The molecule has 0 fully saturated rings. The number of aromatic nitrogens is 1. The van der Waals surface area contributed by atoms with Crippen molar-refractivity contribution in [2.75, 3.05) is 14.1 Å². The van der Waals surface area contributed by atoms with Crippen molar-refractivity contribution in [2.45, 2.75) is 0 Å². The number of rotatable bonds is 1. The summed E-state index contributed by atoms with van der Waals surface area (Å²) in [5.74, 6) is 0.534. The van der Waals surface area contributed by atoms with Gasteiger partial charge in [-0.15, -0.1) is 0 Å². The number of hydrogen-bond donors (Lipinski definition) is 0. The molecule has 2 aromatic rings. The SMILES string of the molecule is CN(C)C(=O)Oc1cccc2ncc(I)cc12. The maximum absolute atomic E-state index is 11.5. The highest BCUT2D eigenvalue weighted by Gasteiger charge is 2.10. The van der Waals surface area contributed by atoms with Crippen LogP contribution in [0.2, 0.25) is 0 Å². The van der Waals surface area contributed by atoms with Crippen LogP contribution in [0.3, 0.4) is 0 Å². The molecule has 0 N–H and O–H groups in total. The number of carbonyl (C=O) groups excluding carboxylic acids is 1. The predicted molar refractivity (Wildman–Crippen MR) is 74.2 cm³/mol. The molecule has 1 aromatic carbocycles. The Morgan fingerprint density at radius 3 is 2.88 bits per heavy atom. The predicted octanol–water partition coefficient (Wildman–Crippen LogP) is 2.90. The lowest BCUT2D eigenvalue weighted by atomic mass is 10.2. The molecule has 0 bridgehead atoms. The summed E-state index contributed by atoms with van der Waals surface area (Å²) in [6, 6.07) is 7.42. The number of halogens is 1. The average molecular weight is 342 g/mol. The van der Waals surface area contributed by atoms with E-state index in [1.165, 1.54) is 4.90 Å². The highest BCUT2D eigenvalue weighted by atomic mass is 127. The van der Waals surface area contributed by atoms with Crippen LogP contribution in [0.5, 0.6) is 5.75 Å². The summed E-state index contributed by atoms with van der Waals surface area (Å²) in [6.07, 6.45) is 1.39. The Morgan fingerprint density at radius 1 is 1.41 bits per heavy atom. The molecule has 0 atom stereocenters. The monoisotopic (exact) mass is 342 g/mol. The summed E-state index contributed by atoms with van der Waals surface area (Å²) in [4.78, 5) is 17.2. The number of fused-ring (bicyclic) bond motifs is 1. The van der Waals surface area contributed by atoms with Gasteiger partial charge in [-0.2, -0.15) is 0 Å². The number of benzene rings is 1. The van der Waals surface area contributed by atoms with Crippen molar-refractivity contribution in [3.63, 3.8) is 0 Å². The Morgan fingerprint density at radius 2 is 2.18 bits per heavy atom. The number of ether oxygens (including phenoxy) is 1. The highest BCUT2D eigenvalue weighted by molar-refractivity contribution is 14.1. The van der Waals surface area contributed by atoms with E-state index in [1.807, 2.05) is 18.2 Å². The molecule has 0 spiro atoms. The average Bonchev–Trinajstić information content (AvgIpc) is 2.29. The molecule has 2 rings (SSSR count). The van der Waals surface area contributed by atoms with Crippen LogP contribution < -0.4 is 4.74 Å². The first-order chi connectivity index (χ1) is 8.08. The van der Waals surface area contributed by atoms with Crippen molar-refractivity contribution in [1.29, 1.82) is 0 Å². The van der Waals surface area contributed by atoms with Crippen LogP contribution in [0.15, 0.2) is 30.5 Å². The van der Waals surface area contributed by atoms with Gasteiger partial charge in [-0.3, -0.25) is 4.98 Å². The number of hydrogen-bond acceptors (Lipinski definition) is 3. The van der Waals surface area contributed by atoms with E-state index < -0.39 is 6.09 Å². The second-order valence-corrected chi connectivity index (χ2v) is 4.98. The maximum atomic E-state index is 11.5. The van der Waals surface area contributed by atoms with Gasteiger partial charge in [-0.25, -0.2) is 4.79 Å². The topological polar surface area (TPSA) is 42.4 Å². The fourth-order valence-electron chi connectivity index (χ4n) is 1.37. The van der Waals surface area contributed by atoms with Gasteiger partial charge in [0.25, 0.3) is 0 Å². The summed E-state index contributed by atoms with van der Waals surface area (Å²) < 4.78 is 6.29. The van der Waals surface area contributed by atoms with Crippen molar-refractivity contribution >= 4 is 39.6 Å². The van der Waals surface area contributed by atoms with Gasteiger partial charge in [-0.1, -0.05) is 6.07 Å². The van der Waals surface area contributed by atoms with E-state index in [2.05, 4.69) is 27.6 Å². The van der Waals surface area contributed by atoms with Gasteiger partial charge in [0.05, 0.1) is 5.52 Å². The van der Waals surface area contributed by atoms with Gasteiger partial charge in [0.15, 0.2) is 0 Å². The normalized spacial score (nSPS) is 10.3. The molecule has 0 aliphatic heterocycles.